The fourth-order valence-electron chi connectivity index (χ4n) is 1.51. The number of hydrogen-bond acceptors (Lipinski definition) is 2. The molecule has 1 aromatic carbocycles. The molecule has 1 heterocycles. The van der Waals surface area contributed by atoms with E-state index in [0.29, 0.717) is 16.8 Å². The van der Waals surface area contributed by atoms with Crippen LogP contribution in [-0.4, -0.2) is 12.5 Å². The highest BCUT2D eigenvalue weighted by Gasteiger charge is 2.14. The van der Waals surface area contributed by atoms with Crippen molar-refractivity contribution in [2.24, 2.45) is 0 Å². The predicted molar refractivity (Wildman–Crippen MR) is 73.8 cm³/mol. The lowest BCUT2D eigenvalue weighted by Gasteiger charge is -2.10. The summed E-state index contributed by atoms with van der Waals surface area (Å²) >= 11 is 9.36. The highest BCUT2D eigenvalue weighted by molar-refractivity contribution is 9.10. The molecule has 0 aliphatic heterocycles. The second-order valence-corrected chi connectivity index (χ2v) is 4.94. The Balaban J connectivity index is 1.93. The monoisotopic (exact) mass is 327 g/mol. The number of carbonyl (C=O) groups is 1. The maximum atomic E-state index is 11.8. The lowest BCUT2D eigenvalue weighted by atomic mass is 10.1. The Labute approximate surface area is 118 Å². The Kier molecular flexibility index (Phi) is 4.44. The molecule has 0 spiro atoms. The molecule has 3 nitrogen and oxygen atoms in total. The molecule has 1 N–H and O–H groups in total. The van der Waals surface area contributed by atoms with E-state index in [0.717, 1.165) is 5.56 Å². The van der Waals surface area contributed by atoms with Gasteiger partial charge in [0.1, 0.15) is 0 Å². The summed E-state index contributed by atoms with van der Waals surface area (Å²) in [4.78, 5) is 11.8. The molecule has 1 atom stereocenters. The maximum Gasteiger partial charge on any atom is 0.255 e. The number of alkyl halides is 1. The Bertz CT molecular complexity index is 527. The van der Waals surface area contributed by atoms with Crippen LogP contribution in [0.3, 0.4) is 0 Å². The minimum atomic E-state index is -0.249. The topological polar surface area (TPSA) is 42.2 Å². The number of carbonyl (C=O) groups excluding carboxylic acids is 1. The smallest absolute Gasteiger partial charge is 0.255 e. The number of furan rings is 1. The van der Waals surface area contributed by atoms with E-state index in [4.69, 9.17) is 16.0 Å². The highest BCUT2D eigenvalue weighted by atomic mass is 79.9. The lowest BCUT2D eigenvalue weighted by Crippen LogP contribution is -2.26. The van der Waals surface area contributed by atoms with Crippen molar-refractivity contribution < 1.29 is 9.21 Å². The van der Waals surface area contributed by atoms with Gasteiger partial charge in [-0.15, -0.1) is 11.6 Å². The number of rotatable bonds is 4. The van der Waals surface area contributed by atoms with Crippen LogP contribution in [0, 0.1) is 0 Å². The first-order valence-corrected chi connectivity index (χ1v) is 6.61. The van der Waals surface area contributed by atoms with Gasteiger partial charge >= 0.3 is 0 Å². The molecule has 0 bridgehead atoms. The Hall–Kier alpha value is -1.26. The summed E-state index contributed by atoms with van der Waals surface area (Å²) < 4.78 is 5.42. The Morgan fingerprint density at radius 2 is 2.06 bits per heavy atom. The van der Waals surface area contributed by atoms with Crippen LogP contribution in [0.1, 0.15) is 21.3 Å². The van der Waals surface area contributed by atoms with Gasteiger partial charge in [-0.25, -0.2) is 0 Å². The van der Waals surface area contributed by atoms with Crippen LogP contribution in [0.5, 0.6) is 0 Å². The van der Waals surface area contributed by atoms with Crippen molar-refractivity contribution in [3.63, 3.8) is 0 Å². The van der Waals surface area contributed by atoms with Gasteiger partial charge in [-0.3, -0.25) is 4.79 Å². The molecule has 2 rings (SSSR count). The summed E-state index contributed by atoms with van der Waals surface area (Å²) in [5.41, 5.74) is 1.44. The van der Waals surface area contributed by atoms with E-state index in [1.54, 1.807) is 6.07 Å². The zero-order valence-electron chi connectivity index (χ0n) is 9.40. The average Bonchev–Trinajstić information content (AvgIpc) is 2.83. The molecule has 0 aliphatic carbocycles. The van der Waals surface area contributed by atoms with Crippen LogP contribution in [0.2, 0.25) is 0 Å². The van der Waals surface area contributed by atoms with Crippen LogP contribution < -0.4 is 5.32 Å². The lowest BCUT2D eigenvalue weighted by molar-refractivity contribution is 0.0952. The summed E-state index contributed by atoms with van der Waals surface area (Å²) in [6.07, 6.45) is 1.45. The third kappa shape index (κ3) is 3.15. The summed E-state index contributed by atoms with van der Waals surface area (Å²) in [5.74, 6) is -0.211. The molecule has 5 heteroatoms. The zero-order chi connectivity index (χ0) is 13.0. The molecule has 1 aromatic heterocycles. The Morgan fingerprint density at radius 1 is 1.33 bits per heavy atom. The molecule has 0 saturated heterocycles. The van der Waals surface area contributed by atoms with E-state index in [1.807, 2.05) is 30.3 Å². The van der Waals surface area contributed by atoms with E-state index in [9.17, 15) is 4.79 Å². The van der Waals surface area contributed by atoms with Crippen molar-refractivity contribution in [3.8, 4) is 0 Å². The van der Waals surface area contributed by atoms with Crippen LogP contribution in [0.4, 0.5) is 0 Å². The molecule has 94 valence electrons. The van der Waals surface area contributed by atoms with Crippen LogP contribution in [-0.2, 0) is 0 Å². The normalized spacial score (nSPS) is 12.1. The first-order chi connectivity index (χ1) is 8.68. The van der Waals surface area contributed by atoms with Gasteiger partial charge in [0.05, 0.1) is 17.2 Å². The summed E-state index contributed by atoms with van der Waals surface area (Å²) in [7, 11) is 0. The van der Waals surface area contributed by atoms with Crippen molar-refractivity contribution in [2.45, 2.75) is 5.38 Å². The van der Waals surface area contributed by atoms with Crippen molar-refractivity contribution in [3.05, 3.63) is 58.5 Å². The minimum absolute atomic E-state index is 0.211. The summed E-state index contributed by atoms with van der Waals surface area (Å²) in [6, 6.07) is 11.2. The number of nitrogens with one attached hydrogen (secondary N) is 1. The highest BCUT2D eigenvalue weighted by Crippen LogP contribution is 2.20. The first kappa shape index (κ1) is 13.2. The summed E-state index contributed by atoms with van der Waals surface area (Å²) in [5, 5.41) is 2.51. The van der Waals surface area contributed by atoms with Gasteiger partial charge in [0, 0.05) is 6.54 Å². The number of halogens is 2. The van der Waals surface area contributed by atoms with Gasteiger partial charge in [0.25, 0.3) is 5.91 Å². The molecule has 0 saturated carbocycles. The van der Waals surface area contributed by atoms with Crippen LogP contribution in [0.15, 0.2) is 51.7 Å². The van der Waals surface area contributed by atoms with E-state index in [1.165, 1.54) is 6.26 Å². The number of hydrogen-bond donors (Lipinski definition) is 1. The molecule has 0 aliphatic rings. The average molecular weight is 329 g/mol. The molecule has 0 fully saturated rings. The minimum Gasteiger partial charge on any atom is -0.457 e. The predicted octanol–water partition coefficient (Wildman–Crippen LogP) is 3.75. The molecular weight excluding hydrogens is 318 g/mol. The zero-order valence-corrected chi connectivity index (χ0v) is 11.7. The largest absolute Gasteiger partial charge is 0.457 e. The standard InChI is InChI=1S/C13H11BrClNO2/c14-12-10(6-7-18-12)13(17)16-8-11(15)9-4-2-1-3-5-9/h1-7,11H,8H2,(H,16,17). The second kappa shape index (κ2) is 6.07. The van der Waals surface area contributed by atoms with Crippen molar-refractivity contribution >= 4 is 33.4 Å². The first-order valence-electron chi connectivity index (χ1n) is 5.38. The van der Waals surface area contributed by atoms with Gasteiger partial charge in [-0.2, -0.15) is 0 Å². The van der Waals surface area contributed by atoms with E-state index in [2.05, 4.69) is 21.2 Å². The molecule has 1 amide bonds. The molecule has 1 unspecified atom stereocenters. The van der Waals surface area contributed by atoms with Gasteiger partial charge in [-0.05, 0) is 27.6 Å². The number of benzene rings is 1. The van der Waals surface area contributed by atoms with Crippen molar-refractivity contribution in [1.82, 2.24) is 5.32 Å². The van der Waals surface area contributed by atoms with E-state index < -0.39 is 0 Å². The maximum absolute atomic E-state index is 11.8. The van der Waals surface area contributed by atoms with Crippen molar-refractivity contribution in [2.75, 3.05) is 6.54 Å². The van der Waals surface area contributed by atoms with Crippen LogP contribution in [0.25, 0.3) is 0 Å². The summed E-state index contributed by atoms with van der Waals surface area (Å²) in [6.45, 7) is 0.363. The van der Waals surface area contributed by atoms with Crippen molar-refractivity contribution in [1.29, 1.82) is 0 Å². The quantitative estimate of drug-likeness (QED) is 0.869. The fraction of sp³-hybridized carbons (Fsp3) is 0.154. The molecular formula is C13H11BrClNO2. The molecule has 0 radical (unpaired) electrons. The van der Waals surface area contributed by atoms with Gasteiger partial charge in [0.2, 0.25) is 0 Å². The van der Waals surface area contributed by atoms with Gasteiger partial charge in [-0.1, -0.05) is 30.3 Å². The third-order valence-electron chi connectivity index (χ3n) is 2.47. The van der Waals surface area contributed by atoms with Crippen LogP contribution >= 0.6 is 27.5 Å². The Morgan fingerprint density at radius 3 is 2.67 bits per heavy atom. The third-order valence-corrected chi connectivity index (χ3v) is 3.49. The molecule has 2 aromatic rings. The van der Waals surface area contributed by atoms with Gasteiger partial charge in [0.15, 0.2) is 4.67 Å². The van der Waals surface area contributed by atoms with Gasteiger partial charge < -0.3 is 9.73 Å². The van der Waals surface area contributed by atoms with E-state index in [-0.39, 0.29) is 11.3 Å². The van der Waals surface area contributed by atoms with E-state index >= 15 is 0 Å². The SMILES string of the molecule is O=C(NCC(Cl)c1ccccc1)c1ccoc1Br. The fourth-order valence-corrected chi connectivity index (χ4v) is 2.16. The molecule has 18 heavy (non-hydrogen) atoms. The number of amides is 1. The second-order valence-electron chi connectivity index (χ2n) is 3.70.